The molecule has 0 fully saturated rings. The van der Waals surface area contributed by atoms with Crippen molar-refractivity contribution in [2.75, 3.05) is 27.9 Å². The van der Waals surface area contributed by atoms with Gasteiger partial charge >= 0.3 is 5.97 Å². The van der Waals surface area contributed by atoms with Crippen molar-refractivity contribution in [3.63, 3.8) is 0 Å². The molecule has 0 saturated carbocycles. The van der Waals surface area contributed by atoms with Crippen LogP contribution >= 0.6 is 23.4 Å². The lowest BCUT2D eigenvalue weighted by atomic mass is 10.2. The van der Waals surface area contributed by atoms with Gasteiger partial charge in [-0.1, -0.05) is 23.4 Å². The number of aromatic nitrogens is 1. The third kappa shape index (κ3) is 3.86. The van der Waals surface area contributed by atoms with Crippen molar-refractivity contribution in [1.82, 2.24) is 4.98 Å². The van der Waals surface area contributed by atoms with Crippen LogP contribution in [0.3, 0.4) is 0 Å². The first-order valence-corrected chi connectivity index (χ1v) is 9.68. The molecule has 1 heterocycles. The van der Waals surface area contributed by atoms with Gasteiger partial charge in [0, 0.05) is 20.8 Å². The second kappa shape index (κ2) is 8.67. The molecular weight excluding hydrogens is 402 g/mol. The van der Waals surface area contributed by atoms with Gasteiger partial charge in [0.05, 0.1) is 32.8 Å². The Kier molecular flexibility index (Phi) is 6.26. The third-order valence-corrected chi connectivity index (χ3v) is 5.39. The zero-order valence-electron chi connectivity index (χ0n) is 15.9. The molecule has 3 aromatic rings. The maximum absolute atomic E-state index is 12.5. The highest BCUT2D eigenvalue weighted by molar-refractivity contribution is 7.99. The van der Waals surface area contributed by atoms with Crippen molar-refractivity contribution >= 4 is 40.2 Å². The Balaban J connectivity index is 2.14. The molecule has 28 heavy (non-hydrogen) atoms. The van der Waals surface area contributed by atoms with Crippen molar-refractivity contribution in [2.45, 2.75) is 16.7 Å². The summed E-state index contributed by atoms with van der Waals surface area (Å²) in [5.41, 5.74) is 1.17. The highest BCUT2D eigenvalue weighted by Crippen LogP contribution is 2.45. The van der Waals surface area contributed by atoms with Crippen LogP contribution in [0.15, 0.2) is 40.1 Å². The molecule has 0 bridgehead atoms. The summed E-state index contributed by atoms with van der Waals surface area (Å²) < 4.78 is 21.4. The fraction of sp³-hybridized carbons (Fsp3) is 0.250. The lowest BCUT2D eigenvalue weighted by molar-refractivity contribution is 0.0516. The molecule has 0 aliphatic carbocycles. The summed E-state index contributed by atoms with van der Waals surface area (Å²) >= 11 is 7.57. The van der Waals surface area contributed by atoms with Gasteiger partial charge in [-0.3, -0.25) is 0 Å². The fourth-order valence-corrected chi connectivity index (χ4v) is 4.08. The molecule has 1 aromatic heterocycles. The van der Waals surface area contributed by atoms with Crippen LogP contribution in [0.25, 0.3) is 10.9 Å². The number of methoxy groups -OCH3 is 3. The molecular formula is C20H20ClNO5S. The average molecular weight is 422 g/mol. The average Bonchev–Trinajstić information content (AvgIpc) is 3.05. The molecule has 0 saturated heterocycles. The molecule has 0 amide bonds. The SMILES string of the molecule is CCOC(=O)c1[nH]c2ccc(Cl)cc2c1Sc1cc(OC)c(OC)c(OC)c1. The molecule has 0 unspecified atom stereocenters. The van der Waals surface area contributed by atoms with Crippen molar-refractivity contribution < 1.29 is 23.7 Å². The zero-order chi connectivity index (χ0) is 20.3. The number of fused-ring (bicyclic) bond motifs is 1. The Morgan fingerprint density at radius 1 is 1.07 bits per heavy atom. The maximum atomic E-state index is 12.5. The van der Waals surface area contributed by atoms with E-state index in [1.54, 1.807) is 34.3 Å². The van der Waals surface area contributed by atoms with E-state index in [4.69, 9.17) is 30.5 Å². The molecule has 0 aliphatic rings. The second-order valence-corrected chi connectivity index (χ2v) is 7.22. The van der Waals surface area contributed by atoms with Crippen LogP contribution in [0.4, 0.5) is 0 Å². The van der Waals surface area contributed by atoms with Crippen LogP contribution in [-0.2, 0) is 4.74 Å². The third-order valence-electron chi connectivity index (χ3n) is 4.05. The Morgan fingerprint density at radius 2 is 1.75 bits per heavy atom. The van der Waals surface area contributed by atoms with Gasteiger partial charge in [-0.15, -0.1) is 0 Å². The minimum Gasteiger partial charge on any atom is -0.493 e. The fourth-order valence-electron chi connectivity index (χ4n) is 2.83. The first-order chi connectivity index (χ1) is 13.5. The summed E-state index contributed by atoms with van der Waals surface area (Å²) in [5.74, 6) is 1.13. The summed E-state index contributed by atoms with van der Waals surface area (Å²) in [5, 5.41) is 1.41. The molecule has 0 atom stereocenters. The van der Waals surface area contributed by atoms with E-state index in [1.165, 1.54) is 11.8 Å². The Bertz CT molecular complexity index is 992. The van der Waals surface area contributed by atoms with E-state index in [2.05, 4.69) is 4.98 Å². The van der Waals surface area contributed by atoms with E-state index in [9.17, 15) is 4.79 Å². The van der Waals surface area contributed by atoms with Crippen LogP contribution in [0, 0.1) is 0 Å². The number of halogens is 1. The molecule has 0 aliphatic heterocycles. The van der Waals surface area contributed by atoms with Gasteiger partial charge in [0.15, 0.2) is 11.5 Å². The van der Waals surface area contributed by atoms with Crippen LogP contribution in [0.1, 0.15) is 17.4 Å². The number of nitrogens with one attached hydrogen (secondary N) is 1. The van der Waals surface area contributed by atoms with Gasteiger partial charge < -0.3 is 23.9 Å². The van der Waals surface area contributed by atoms with Gasteiger partial charge in [-0.05, 0) is 37.3 Å². The minimum atomic E-state index is -0.426. The number of carbonyl (C=O) groups excluding carboxylic acids is 1. The number of carbonyl (C=O) groups is 1. The smallest absolute Gasteiger partial charge is 0.355 e. The standard InChI is InChI=1S/C20H20ClNO5S/c1-5-27-20(23)17-19(13-8-11(21)6-7-14(13)22-17)28-12-9-15(24-2)18(26-4)16(10-12)25-3/h6-10,22H,5H2,1-4H3. The maximum Gasteiger partial charge on any atom is 0.355 e. The summed E-state index contributed by atoms with van der Waals surface area (Å²) in [6, 6.07) is 9.06. The van der Waals surface area contributed by atoms with Crippen molar-refractivity contribution in [1.29, 1.82) is 0 Å². The molecule has 148 valence electrons. The number of rotatable bonds is 7. The number of ether oxygens (including phenoxy) is 4. The Morgan fingerprint density at radius 3 is 2.32 bits per heavy atom. The quantitative estimate of drug-likeness (QED) is 0.530. The molecule has 8 heteroatoms. The molecule has 0 radical (unpaired) electrons. The normalized spacial score (nSPS) is 10.8. The second-order valence-electron chi connectivity index (χ2n) is 5.70. The van der Waals surface area contributed by atoms with E-state index < -0.39 is 5.97 Å². The van der Waals surface area contributed by atoms with E-state index in [0.717, 1.165) is 15.8 Å². The molecule has 6 nitrogen and oxygen atoms in total. The number of esters is 1. The minimum absolute atomic E-state index is 0.281. The van der Waals surface area contributed by atoms with Crippen LogP contribution in [-0.4, -0.2) is 38.9 Å². The van der Waals surface area contributed by atoms with Crippen molar-refractivity contribution in [2.24, 2.45) is 0 Å². The van der Waals surface area contributed by atoms with Crippen LogP contribution < -0.4 is 14.2 Å². The Labute approximate surface area is 172 Å². The van der Waals surface area contributed by atoms with Crippen LogP contribution in [0.5, 0.6) is 17.2 Å². The van der Waals surface area contributed by atoms with Gasteiger partial charge in [0.1, 0.15) is 5.69 Å². The predicted molar refractivity (Wildman–Crippen MR) is 109 cm³/mol. The van der Waals surface area contributed by atoms with E-state index in [-0.39, 0.29) is 6.61 Å². The van der Waals surface area contributed by atoms with Gasteiger partial charge in [0.25, 0.3) is 0 Å². The van der Waals surface area contributed by atoms with Gasteiger partial charge in [-0.2, -0.15) is 0 Å². The van der Waals surface area contributed by atoms with Crippen LogP contribution in [0.2, 0.25) is 5.02 Å². The number of aromatic amines is 1. The largest absolute Gasteiger partial charge is 0.493 e. The Hall–Kier alpha value is -2.51. The highest BCUT2D eigenvalue weighted by atomic mass is 35.5. The number of H-pyrrole nitrogens is 1. The monoisotopic (exact) mass is 421 g/mol. The summed E-state index contributed by atoms with van der Waals surface area (Å²) in [4.78, 5) is 17.1. The number of hydrogen-bond donors (Lipinski definition) is 1. The summed E-state index contributed by atoms with van der Waals surface area (Å²) in [7, 11) is 4.66. The van der Waals surface area contributed by atoms with Gasteiger partial charge in [0.2, 0.25) is 5.75 Å². The lowest BCUT2D eigenvalue weighted by Crippen LogP contribution is -2.06. The van der Waals surface area contributed by atoms with Gasteiger partial charge in [-0.25, -0.2) is 4.79 Å². The van der Waals surface area contributed by atoms with E-state index in [1.807, 2.05) is 24.3 Å². The molecule has 2 aromatic carbocycles. The molecule has 0 spiro atoms. The molecule has 3 rings (SSSR count). The topological polar surface area (TPSA) is 69.8 Å². The molecule has 1 N–H and O–H groups in total. The lowest BCUT2D eigenvalue weighted by Gasteiger charge is -2.14. The predicted octanol–water partition coefficient (Wildman–Crippen LogP) is 5.18. The summed E-state index contributed by atoms with van der Waals surface area (Å²) in [6.07, 6.45) is 0. The summed E-state index contributed by atoms with van der Waals surface area (Å²) in [6.45, 7) is 2.05. The first-order valence-electron chi connectivity index (χ1n) is 8.48. The highest BCUT2D eigenvalue weighted by Gasteiger charge is 2.22. The van der Waals surface area contributed by atoms with Crippen molar-refractivity contribution in [3.05, 3.63) is 41.0 Å². The van der Waals surface area contributed by atoms with E-state index in [0.29, 0.717) is 32.9 Å². The number of hydrogen-bond acceptors (Lipinski definition) is 6. The zero-order valence-corrected chi connectivity index (χ0v) is 17.5. The first kappa shape index (κ1) is 20.2. The van der Waals surface area contributed by atoms with Crippen molar-refractivity contribution in [3.8, 4) is 17.2 Å². The number of benzene rings is 2. The van der Waals surface area contributed by atoms with E-state index >= 15 is 0 Å².